The SMILES string of the molecule is Cc1cccc(C)c1NC(=O)c1ccc(S(=O)(=O)N2CCN(C=O)CC2)cc1. The van der Waals surface area contributed by atoms with E-state index in [1.54, 1.807) is 4.90 Å². The summed E-state index contributed by atoms with van der Waals surface area (Å²) in [5.41, 5.74) is 3.06. The minimum absolute atomic E-state index is 0.135. The molecule has 1 saturated heterocycles. The van der Waals surface area contributed by atoms with E-state index in [1.807, 2.05) is 32.0 Å². The summed E-state index contributed by atoms with van der Waals surface area (Å²) in [5.74, 6) is -0.291. The van der Waals surface area contributed by atoms with Crippen molar-refractivity contribution in [1.29, 1.82) is 0 Å². The molecule has 2 aromatic carbocycles. The lowest BCUT2D eigenvalue weighted by atomic mass is 10.1. The summed E-state index contributed by atoms with van der Waals surface area (Å²) in [7, 11) is -3.65. The van der Waals surface area contributed by atoms with Crippen LogP contribution in [0.3, 0.4) is 0 Å². The number of carbonyl (C=O) groups is 2. The van der Waals surface area contributed by atoms with Gasteiger partial charge in [-0.1, -0.05) is 18.2 Å². The molecule has 0 unspecified atom stereocenters. The summed E-state index contributed by atoms with van der Waals surface area (Å²) < 4.78 is 26.9. The van der Waals surface area contributed by atoms with Crippen molar-refractivity contribution in [3.8, 4) is 0 Å². The molecule has 0 aromatic heterocycles. The molecule has 0 saturated carbocycles. The molecule has 0 spiro atoms. The molecule has 1 aliphatic heterocycles. The Balaban J connectivity index is 1.74. The summed E-state index contributed by atoms with van der Waals surface area (Å²) in [4.78, 5) is 25.0. The van der Waals surface area contributed by atoms with Gasteiger partial charge in [-0.2, -0.15) is 4.31 Å². The number of anilines is 1. The van der Waals surface area contributed by atoms with Crippen LogP contribution in [0.4, 0.5) is 5.69 Å². The smallest absolute Gasteiger partial charge is 0.255 e. The highest BCUT2D eigenvalue weighted by Crippen LogP contribution is 2.22. The molecular weight excluding hydrogens is 378 g/mol. The summed E-state index contributed by atoms with van der Waals surface area (Å²) >= 11 is 0. The number of carbonyl (C=O) groups excluding carboxylic acids is 2. The van der Waals surface area contributed by atoms with E-state index in [9.17, 15) is 18.0 Å². The molecule has 2 aromatic rings. The number of sulfonamides is 1. The van der Waals surface area contributed by atoms with Gasteiger partial charge < -0.3 is 10.2 Å². The van der Waals surface area contributed by atoms with E-state index < -0.39 is 10.0 Å². The molecule has 0 atom stereocenters. The lowest BCUT2D eigenvalue weighted by molar-refractivity contribution is -0.119. The summed E-state index contributed by atoms with van der Waals surface area (Å²) in [6.45, 7) is 5.11. The average molecular weight is 401 g/mol. The zero-order chi connectivity index (χ0) is 20.3. The molecule has 7 nitrogen and oxygen atoms in total. The van der Waals surface area contributed by atoms with Crippen molar-refractivity contribution in [3.05, 3.63) is 59.2 Å². The Hall–Kier alpha value is -2.71. The Bertz CT molecular complexity index is 959. The minimum Gasteiger partial charge on any atom is -0.343 e. The van der Waals surface area contributed by atoms with Crippen molar-refractivity contribution in [2.75, 3.05) is 31.5 Å². The van der Waals surface area contributed by atoms with E-state index in [2.05, 4.69) is 5.32 Å². The van der Waals surface area contributed by atoms with E-state index in [1.165, 1.54) is 28.6 Å². The molecule has 148 valence electrons. The molecule has 0 radical (unpaired) electrons. The van der Waals surface area contributed by atoms with Crippen molar-refractivity contribution in [1.82, 2.24) is 9.21 Å². The van der Waals surface area contributed by atoms with Gasteiger partial charge >= 0.3 is 0 Å². The van der Waals surface area contributed by atoms with Crippen molar-refractivity contribution < 1.29 is 18.0 Å². The molecule has 1 aliphatic rings. The molecular formula is C20H23N3O4S. The van der Waals surface area contributed by atoms with Crippen LogP contribution in [0.25, 0.3) is 0 Å². The number of rotatable bonds is 5. The van der Waals surface area contributed by atoms with Gasteiger partial charge in [0, 0.05) is 37.4 Å². The summed E-state index contributed by atoms with van der Waals surface area (Å²) in [5, 5.41) is 2.89. The maximum atomic E-state index is 12.8. The van der Waals surface area contributed by atoms with Crippen LogP contribution in [0.5, 0.6) is 0 Å². The van der Waals surface area contributed by atoms with E-state index in [4.69, 9.17) is 0 Å². The second-order valence-corrected chi connectivity index (χ2v) is 8.73. The first-order valence-corrected chi connectivity index (χ1v) is 10.4. The number of hydrogen-bond acceptors (Lipinski definition) is 4. The Labute approximate surface area is 165 Å². The van der Waals surface area contributed by atoms with Crippen molar-refractivity contribution in [3.63, 3.8) is 0 Å². The van der Waals surface area contributed by atoms with Crippen LogP contribution in [0.15, 0.2) is 47.4 Å². The van der Waals surface area contributed by atoms with Crippen LogP contribution < -0.4 is 5.32 Å². The number of nitrogens with zero attached hydrogens (tertiary/aromatic N) is 2. The van der Waals surface area contributed by atoms with Crippen LogP contribution in [0.1, 0.15) is 21.5 Å². The number of aryl methyl sites for hydroxylation is 2. The number of amides is 2. The average Bonchev–Trinajstić information content (AvgIpc) is 2.71. The topological polar surface area (TPSA) is 86.8 Å². The third kappa shape index (κ3) is 4.07. The highest BCUT2D eigenvalue weighted by molar-refractivity contribution is 7.89. The van der Waals surface area contributed by atoms with Gasteiger partial charge in [-0.05, 0) is 49.2 Å². The molecule has 0 aliphatic carbocycles. The van der Waals surface area contributed by atoms with Crippen LogP contribution >= 0.6 is 0 Å². The van der Waals surface area contributed by atoms with Crippen molar-refractivity contribution in [2.45, 2.75) is 18.7 Å². The Kier molecular flexibility index (Phi) is 5.81. The largest absolute Gasteiger partial charge is 0.343 e. The van der Waals surface area contributed by atoms with E-state index in [-0.39, 0.29) is 23.9 Å². The molecule has 2 amide bonds. The third-order valence-electron chi connectivity index (χ3n) is 4.90. The lowest BCUT2D eigenvalue weighted by Crippen LogP contribution is -2.47. The van der Waals surface area contributed by atoms with Gasteiger partial charge in [-0.25, -0.2) is 8.42 Å². The van der Waals surface area contributed by atoms with Gasteiger partial charge in [0.1, 0.15) is 0 Å². The van der Waals surface area contributed by atoms with Crippen LogP contribution in [-0.4, -0.2) is 56.1 Å². The number of benzene rings is 2. The van der Waals surface area contributed by atoms with Gasteiger partial charge in [0.15, 0.2) is 0 Å². The Morgan fingerprint density at radius 1 is 0.964 bits per heavy atom. The van der Waals surface area contributed by atoms with Crippen LogP contribution in [0.2, 0.25) is 0 Å². The highest BCUT2D eigenvalue weighted by atomic mass is 32.2. The number of piperazine rings is 1. The van der Waals surface area contributed by atoms with Gasteiger partial charge in [0.05, 0.1) is 4.90 Å². The normalized spacial score (nSPS) is 15.3. The first kappa shape index (κ1) is 20.0. The van der Waals surface area contributed by atoms with Crippen LogP contribution in [0, 0.1) is 13.8 Å². The van der Waals surface area contributed by atoms with Crippen molar-refractivity contribution in [2.24, 2.45) is 0 Å². The first-order valence-electron chi connectivity index (χ1n) is 9.00. The molecule has 0 bridgehead atoms. The third-order valence-corrected chi connectivity index (χ3v) is 6.81. The first-order chi connectivity index (χ1) is 13.3. The number of nitrogens with one attached hydrogen (secondary N) is 1. The fourth-order valence-corrected chi connectivity index (χ4v) is 4.60. The molecule has 3 rings (SSSR count). The summed E-state index contributed by atoms with van der Waals surface area (Å²) in [6.07, 6.45) is 0.730. The van der Waals surface area contributed by atoms with Gasteiger partial charge in [0.25, 0.3) is 5.91 Å². The lowest BCUT2D eigenvalue weighted by Gasteiger charge is -2.31. The standard InChI is InChI=1S/C20H23N3O4S/c1-15-4-3-5-16(2)19(15)21-20(25)17-6-8-18(9-7-17)28(26,27)23-12-10-22(14-24)11-13-23/h3-9,14H,10-13H2,1-2H3,(H,21,25). The molecule has 28 heavy (non-hydrogen) atoms. The maximum Gasteiger partial charge on any atom is 0.255 e. The summed E-state index contributed by atoms with van der Waals surface area (Å²) in [6, 6.07) is 11.7. The fourth-order valence-electron chi connectivity index (χ4n) is 3.17. The number of para-hydroxylation sites is 1. The monoisotopic (exact) mass is 401 g/mol. The number of hydrogen-bond donors (Lipinski definition) is 1. The van der Waals surface area contributed by atoms with Crippen molar-refractivity contribution >= 4 is 28.0 Å². The van der Waals surface area contributed by atoms with Gasteiger partial charge in [-0.3, -0.25) is 9.59 Å². The predicted molar refractivity (Wildman–Crippen MR) is 107 cm³/mol. The predicted octanol–water partition coefficient (Wildman–Crippen LogP) is 2.02. The second-order valence-electron chi connectivity index (χ2n) is 6.79. The molecule has 8 heteroatoms. The van der Waals surface area contributed by atoms with Crippen LogP contribution in [-0.2, 0) is 14.8 Å². The molecule has 1 fully saturated rings. The van der Waals surface area contributed by atoms with E-state index in [0.29, 0.717) is 18.7 Å². The molecule has 1 heterocycles. The van der Waals surface area contributed by atoms with Gasteiger partial charge in [0.2, 0.25) is 16.4 Å². The fraction of sp³-hybridized carbons (Fsp3) is 0.300. The minimum atomic E-state index is -3.65. The Morgan fingerprint density at radius 3 is 2.07 bits per heavy atom. The molecule has 1 N–H and O–H groups in total. The van der Waals surface area contributed by atoms with E-state index in [0.717, 1.165) is 23.2 Å². The second kappa shape index (κ2) is 8.12. The quantitative estimate of drug-likeness (QED) is 0.777. The van der Waals surface area contributed by atoms with E-state index >= 15 is 0 Å². The zero-order valence-corrected chi connectivity index (χ0v) is 16.7. The van der Waals surface area contributed by atoms with Gasteiger partial charge in [-0.15, -0.1) is 0 Å². The maximum absolute atomic E-state index is 12.8. The Morgan fingerprint density at radius 2 is 1.54 bits per heavy atom. The zero-order valence-electron chi connectivity index (χ0n) is 15.9. The highest BCUT2D eigenvalue weighted by Gasteiger charge is 2.28.